The Bertz CT molecular complexity index is 396. The molecule has 0 amide bonds. The van der Waals surface area contributed by atoms with Gasteiger partial charge < -0.3 is 20.9 Å². The standard InChI is InChI=1S/C13H24N4O2/c1-8(2)10(5-6-18)17-12-11(14)13(16-7-15-12)19-9(3)4/h7-10,18H,5-6,14H2,1-4H3,(H,15,16,17). The van der Waals surface area contributed by atoms with E-state index in [0.717, 1.165) is 0 Å². The fourth-order valence-electron chi connectivity index (χ4n) is 1.70. The summed E-state index contributed by atoms with van der Waals surface area (Å²) in [5.74, 6) is 1.30. The Morgan fingerprint density at radius 1 is 1.32 bits per heavy atom. The van der Waals surface area contributed by atoms with E-state index in [9.17, 15) is 0 Å². The number of hydrogen-bond donors (Lipinski definition) is 3. The quantitative estimate of drug-likeness (QED) is 0.696. The molecule has 1 unspecified atom stereocenters. The third-order valence-electron chi connectivity index (χ3n) is 2.76. The van der Waals surface area contributed by atoms with Crippen LogP contribution in [0.15, 0.2) is 6.33 Å². The van der Waals surface area contributed by atoms with Crippen LogP contribution in [-0.2, 0) is 0 Å². The van der Waals surface area contributed by atoms with E-state index < -0.39 is 0 Å². The lowest BCUT2D eigenvalue weighted by atomic mass is 10.0. The van der Waals surface area contributed by atoms with Gasteiger partial charge in [0.1, 0.15) is 12.0 Å². The van der Waals surface area contributed by atoms with Gasteiger partial charge in [0.05, 0.1) is 6.10 Å². The third kappa shape index (κ3) is 4.55. The van der Waals surface area contributed by atoms with Gasteiger partial charge in [-0.25, -0.2) is 4.98 Å². The first-order valence-corrected chi connectivity index (χ1v) is 6.60. The van der Waals surface area contributed by atoms with Crippen LogP contribution in [0.25, 0.3) is 0 Å². The molecule has 0 aliphatic rings. The maximum absolute atomic E-state index is 9.08. The van der Waals surface area contributed by atoms with Crippen LogP contribution in [0, 0.1) is 5.92 Å². The molecule has 108 valence electrons. The molecule has 0 saturated heterocycles. The average molecular weight is 268 g/mol. The van der Waals surface area contributed by atoms with Gasteiger partial charge in [-0.3, -0.25) is 0 Å². The molecule has 4 N–H and O–H groups in total. The number of ether oxygens (including phenoxy) is 1. The number of nitrogens with two attached hydrogens (primary N) is 1. The van der Waals surface area contributed by atoms with E-state index in [1.54, 1.807) is 0 Å². The Morgan fingerprint density at radius 3 is 2.53 bits per heavy atom. The average Bonchev–Trinajstić information content (AvgIpc) is 2.32. The minimum Gasteiger partial charge on any atom is -0.473 e. The van der Waals surface area contributed by atoms with Crippen molar-refractivity contribution in [2.75, 3.05) is 17.7 Å². The summed E-state index contributed by atoms with van der Waals surface area (Å²) < 4.78 is 5.52. The lowest BCUT2D eigenvalue weighted by Crippen LogP contribution is -2.28. The summed E-state index contributed by atoms with van der Waals surface area (Å²) in [4.78, 5) is 8.17. The van der Waals surface area contributed by atoms with Crippen molar-refractivity contribution in [3.8, 4) is 5.88 Å². The van der Waals surface area contributed by atoms with Gasteiger partial charge in [-0.2, -0.15) is 4.98 Å². The minimum absolute atomic E-state index is 0.00314. The number of aliphatic hydroxyl groups excluding tert-OH is 1. The topological polar surface area (TPSA) is 93.3 Å². The molecule has 0 fully saturated rings. The van der Waals surface area contributed by atoms with E-state index >= 15 is 0 Å². The first kappa shape index (κ1) is 15.5. The lowest BCUT2D eigenvalue weighted by Gasteiger charge is -2.23. The number of nitrogens with zero attached hydrogens (tertiary/aromatic N) is 2. The second kappa shape index (κ2) is 7.13. The van der Waals surface area contributed by atoms with Crippen molar-refractivity contribution in [1.82, 2.24) is 9.97 Å². The summed E-state index contributed by atoms with van der Waals surface area (Å²) in [6.45, 7) is 8.11. The first-order valence-electron chi connectivity index (χ1n) is 6.60. The summed E-state index contributed by atoms with van der Waals surface area (Å²) >= 11 is 0. The molecule has 19 heavy (non-hydrogen) atoms. The fourth-order valence-corrected chi connectivity index (χ4v) is 1.70. The highest BCUT2D eigenvalue weighted by Crippen LogP contribution is 2.27. The molecule has 0 bridgehead atoms. The molecular weight excluding hydrogens is 244 g/mol. The fraction of sp³-hybridized carbons (Fsp3) is 0.692. The number of aromatic nitrogens is 2. The van der Waals surface area contributed by atoms with E-state index in [4.69, 9.17) is 15.6 Å². The largest absolute Gasteiger partial charge is 0.473 e. The molecule has 1 heterocycles. The molecule has 1 aromatic rings. The van der Waals surface area contributed by atoms with Crippen molar-refractivity contribution in [1.29, 1.82) is 0 Å². The first-order chi connectivity index (χ1) is 8.95. The van der Waals surface area contributed by atoms with Crippen LogP contribution < -0.4 is 15.8 Å². The smallest absolute Gasteiger partial charge is 0.242 e. The van der Waals surface area contributed by atoms with Crippen molar-refractivity contribution in [3.63, 3.8) is 0 Å². The number of aliphatic hydroxyl groups is 1. The van der Waals surface area contributed by atoms with Gasteiger partial charge in [0.25, 0.3) is 0 Å². The number of hydrogen-bond acceptors (Lipinski definition) is 6. The van der Waals surface area contributed by atoms with Gasteiger partial charge in [0.2, 0.25) is 5.88 Å². The zero-order valence-electron chi connectivity index (χ0n) is 12.1. The number of rotatable bonds is 7. The van der Waals surface area contributed by atoms with Gasteiger partial charge in [-0.05, 0) is 26.2 Å². The van der Waals surface area contributed by atoms with Crippen molar-refractivity contribution in [2.24, 2.45) is 5.92 Å². The summed E-state index contributed by atoms with van der Waals surface area (Å²) in [5.41, 5.74) is 6.40. The molecule has 0 aliphatic heterocycles. The molecule has 1 aromatic heterocycles. The molecule has 6 heteroatoms. The van der Waals surface area contributed by atoms with E-state index in [1.807, 2.05) is 13.8 Å². The molecule has 0 aliphatic carbocycles. The van der Waals surface area contributed by atoms with Gasteiger partial charge in [-0.15, -0.1) is 0 Å². The zero-order valence-corrected chi connectivity index (χ0v) is 12.1. The number of nitrogen functional groups attached to an aromatic ring is 1. The van der Waals surface area contributed by atoms with Gasteiger partial charge >= 0.3 is 0 Å². The van der Waals surface area contributed by atoms with Crippen LogP contribution in [0.2, 0.25) is 0 Å². The van der Waals surface area contributed by atoms with E-state index in [0.29, 0.717) is 29.7 Å². The second-order valence-corrected chi connectivity index (χ2v) is 5.11. The maximum Gasteiger partial charge on any atom is 0.242 e. The second-order valence-electron chi connectivity index (χ2n) is 5.11. The van der Waals surface area contributed by atoms with E-state index in [2.05, 4.69) is 29.1 Å². The zero-order chi connectivity index (χ0) is 14.4. The summed E-state index contributed by atoms with van der Waals surface area (Å²) in [7, 11) is 0. The summed E-state index contributed by atoms with van der Waals surface area (Å²) in [5, 5.41) is 12.3. The summed E-state index contributed by atoms with van der Waals surface area (Å²) in [6.07, 6.45) is 2.07. The van der Waals surface area contributed by atoms with Gasteiger partial charge in [0.15, 0.2) is 5.82 Å². The molecule has 1 atom stereocenters. The number of anilines is 2. The van der Waals surface area contributed by atoms with Crippen LogP contribution in [0.5, 0.6) is 5.88 Å². The van der Waals surface area contributed by atoms with Gasteiger partial charge in [-0.1, -0.05) is 13.8 Å². The SMILES string of the molecule is CC(C)Oc1ncnc(NC(CCO)C(C)C)c1N. The highest BCUT2D eigenvalue weighted by atomic mass is 16.5. The molecule has 0 aromatic carbocycles. The van der Waals surface area contributed by atoms with Crippen LogP contribution >= 0.6 is 0 Å². The molecule has 1 rings (SSSR count). The number of nitrogens with one attached hydrogen (secondary N) is 1. The Labute approximate surface area is 114 Å². The monoisotopic (exact) mass is 268 g/mol. The minimum atomic E-state index is 0.00314. The highest BCUT2D eigenvalue weighted by molar-refractivity contribution is 5.66. The van der Waals surface area contributed by atoms with E-state index in [-0.39, 0.29) is 18.8 Å². The van der Waals surface area contributed by atoms with Crippen LogP contribution in [-0.4, -0.2) is 33.8 Å². The Kier molecular flexibility index (Phi) is 5.82. The van der Waals surface area contributed by atoms with Crippen LogP contribution in [0.1, 0.15) is 34.1 Å². The highest BCUT2D eigenvalue weighted by Gasteiger charge is 2.17. The summed E-state index contributed by atoms with van der Waals surface area (Å²) in [6, 6.07) is 0.106. The van der Waals surface area contributed by atoms with Crippen LogP contribution in [0.4, 0.5) is 11.5 Å². The van der Waals surface area contributed by atoms with Crippen LogP contribution in [0.3, 0.4) is 0 Å². The maximum atomic E-state index is 9.08. The third-order valence-corrected chi connectivity index (χ3v) is 2.76. The molecule has 0 saturated carbocycles. The van der Waals surface area contributed by atoms with Crippen molar-refractivity contribution >= 4 is 11.5 Å². The lowest BCUT2D eigenvalue weighted by molar-refractivity contribution is 0.234. The predicted octanol–water partition coefficient (Wildman–Crippen LogP) is 1.66. The Hall–Kier alpha value is -1.56. The van der Waals surface area contributed by atoms with E-state index in [1.165, 1.54) is 6.33 Å². The Morgan fingerprint density at radius 2 is 2.00 bits per heavy atom. The predicted molar refractivity (Wildman–Crippen MR) is 76.2 cm³/mol. The van der Waals surface area contributed by atoms with Crippen molar-refractivity contribution < 1.29 is 9.84 Å². The van der Waals surface area contributed by atoms with Gasteiger partial charge in [0, 0.05) is 12.6 Å². The van der Waals surface area contributed by atoms with Crippen molar-refractivity contribution in [2.45, 2.75) is 46.3 Å². The Balaban J connectivity index is 2.88. The molecular formula is C13H24N4O2. The van der Waals surface area contributed by atoms with Crippen molar-refractivity contribution in [3.05, 3.63) is 6.33 Å². The molecule has 0 radical (unpaired) electrons. The molecule has 6 nitrogen and oxygen atoms in total. The normalized spacial score (nSPS) is 12.8. The molecule has 0 spiro atoms.